The predicted octanol–water partition coefficient (Wildman–Crippen LogP) is 2.51. The topological polar surface area (TPSA) is 145 Å². The molecule has 3 rings (SSSR count). The minimum atomic E-state index is -0.958. The summed E-state index contributed by atoms with van der Waals surface area (Å²) >= 11 is 2.97. The number of ketones is 2. The van der Waals surface area contributed by atoms with Crippen molar-refractivity contribution in [2.24, 2.45) is 0 Å². The van der Waals surface area contributed by atoms with Crippen molar-refractivity contribution in [3.05, 3.63) is 69.8 Å². The van der Waals surface area contributed by atoms with Gasteiger partial charge in [-0.05, 0) is 49.0 Å². The lowest BCUT2D eigenvalue weighted by molar-refractivity contribution is -0.143. The van der Waals surface area contributed by atoms with E-state index in [4.69, 9.17) is 9.47 Å². The van der Waals surface area contributed by atoms with Crippen LogP contribution in [0.3, 0.4) is 0 Å². The molecule has 0 saturated carbocycles. The maximum Gasteiger partial charge on any atom is 0.328 e. The number of hydrogen-bond acceptors (Lipinski definition) is 10. The number of amides is 2. The molecule has 2 unspecified atom stereocenters. The van der Waals surface area contributed by atoms with E-state index in [-0.39, 0.29) is 33.4 Å². The smallest absolute Gasteiger partial charge is 0.328 e. The molecule has 2 aromatic carbocycles. The molecule has 12 heteroatoms. The number of rotatable bonds is 12. The van der Waals surface area contributed by atoms with Gasteiger partial charge in [0.2, 0.25) is 0 Å². The van der Waals surface area contributed by atoms with Crippen molar-refractivity contribution in [2.45, 2.75) is 24.9 Å². The van der Waals surface area contributed by atoms with Crippen molar-refractivity contribution in [1.29, 1.82) is 0 Å². The standard InChI is InChI=1S/C28H30N2O8S2/c1-37-27(35)19(11-13-39-3)29-25(33)17-9-5-7-15-21(17)24(32)22-16(23(15)31)8-6-10-18(22)26(34)30-20(12-14-40-4)28(36)38-2/h5-10,19-20H,11-14H2,1-4H3,(H,29,33)(H,30,34). The zero-order valence-electron chi connectivity index (χ0n) is 22.5. The first kappa shape index (κ1) is 30.9. The number of fused-ring (bicyclic) bond motifs is 2. The van der Waals surface area contributed by atoms with Crippen LogP contribution in [0.4, 0.5) is 0 Å². The number of nitrogens with one attached hydrogen (secondary N) is 2. The predicted molar refractivity (Wildman–Crippen MR) is 152 cm³/mol. The lowest BCUT2D eigenvalue weighted by Crippen LogP contribution is -2.43. The molecule has 0 fully saturated rings. The molecule has 1 aliphatic carbocycles. The largest absolute Gasteiger partial charge is 0.467 e. The number of methoxy groups -OCH3 is 2. The Morgan fingerprint density at radius 3 is 1.45 bits per heavy atom. The average molecular weight is 587 g/mol. The minimum absolute atomic E-state index is 0.00819. The van der Waals surface area contributed by atoms with Crippen LogP contribution in [0, 0.1) is 0 Å². The van der Waals surface area contributed by atoms with E-state index in [9.17, 15) is 28.8 Å². The van der Waals surface area contributed by atoms with Crippen LogP contribution in [0.2, 0.25) is 0 Å². The highest BCUT2D eigenvalue weighted by molar-refractivity contribution is 7.98. The highest BCUT2D eigenvalue weighted by Gasteiger charge is 2.37. The molecule has 212 valence electrons. The molecule has 2 N–H and O–H groups in total. The molecule has 2 aromatic rings. The third-order valence-electron chi connectivity index (χ3n) is 6.36. The van der Waals surface area contributed by atoms with Crippen molar-refractivity contribution in [3.63, 3.8) is 0 Å². The average Bonchev–Trinajstić information content (AvgIpc) is 2.98. The van der Waals surface area contributed by atoms with E-state index in [0.29, 0.717) is 24.3 Å². The summed E-state index contributed by atoms with van der Waals surface area (Å²) in [5, 5.41) is 5.21. The van der Waals surface area contributed by atoms with Crippen LogP contribution in [-0.2, 0) is 19.1 Å². The maximum atomic E-state index is 13.9. The van der Waals surface area contributed by atoms with Gasteiger partial charge in [0, 0.05) is 22.3 Å². The quantitative estimate of drug-likeness (QED) is 0.304. The lowest BCUT2D eigenvalue weighted by Gasteiger charge is -2.23. The fourth-order valence-corrected chi connectivity index (χ4v) is 5.29. The minimum Gasteiger partial charge on any atom is -0.467 e. The zero-order valence-corrected chi connectivity index (χ0v) is 24.2. The van der Waals surface area contributed by atoms with E-state index < -0.39 is 47.4 Å². The third-order valence-corrected chi connectivity index (χ3v) is 7.65. The van der Waals surface area contributed by atoms with Crippen LogP contribution in [-0.4, -0.2) is 85.6 Å². The Labute approximate surface area is 240 Å². The van der Waals surface area contributed by atoms with Crippen molar-refractivity contribution in [1.82, 2.24) is 10.6 Å². The summed E-state index contributed by atoms with van der Waals surface area (Å²) in [6, 6.07) is 6.66. The highest BCUT2D eigenvalue weighted by Crippen LogP contribution is 2.32. The van der Waals surface area contributed by atoms with E-state index >= 15 is 0 Å². The van der Waals surface area contributed by atoms with Crippen LogP contribution in [0.25, 0.3) is 0 Å². The third kappa shape index (κ3) is 6.56. The van der Waals surface area contributed by atoms with Gasteiger partial charge in [0.15, 0.2) is 11.6 Å². The van der Waals surface area contributed by atoms with Gasteiger partial charge in [-0.25, -0.2) is 9.59 Å². The molecule has 0 heterocycles. The van der Waals surface area contributed by atoms with E-state index in [2.05, 4.69) is 10.6 Å². The van der Waals surface area contributed by atoms with Crippen LogP contribution in [0.1, 0.15) is 65.4 Å². The Balaban J connectivity index is 2.02. The Morgan fingerprint density at radius 2 is 1.10 bits per heavy atom. The van der Waals surface area contributed by atoms with Crippen molar-refractivity contribution in [3.8, 4) is 0 Å². The first-order valence-corrected chi connectivity index (χ1v) is 15.1. The van der Waals surface area contributed by atoms with E-state index in [1.807, 2.05) is 12.5 Å². The zero-order chi connectivity index (χ0) is 29.4. The van der Waals surface area contributed by atoms with Gasteiger partial charge in [0.25, 0.3) is 11.8 Å². The molecule has 2 amide bonds. The lowest BCUT2D eigenvalue weighted by atomic mass is 9.79. The monoisotopic (exact) mass is 586 g/mol. The Hall–Kier alpha value is -3.64. The number of thioether (sulfide) groups is 2. The molecular weight excluding hydrogens is 556 g/mol. The number of carbonyl (C=O) groups excluding carboxylic acids is 6. The second kappa shape index (κ2) is 14.1. The van der Waals surface area contributed by atoms with Crippen LogP contribution in [0.15, 0.2) is 36.4 Å². The SMILES string of the molecule is COC(=O)C(CCSC)NC(=O)c1cccc2c1C(=O)c1c(C(=O)NC(CCSC)C(=O)OC)cccc1C2=O. The Morgan fingerprint density at radius 1 is 0.700 bits per heavy atom. The van der Waals surface area contributed by atoms with Gasteiger partial charge in [-0.1, -0.05) is 24.3 Å². The van der Waals surface area contributed by atoms with Gasteiger partial charge in [0.05, 0.1) is 25.3 Å². The number of ether oxygens (including phenoxy) is 2. The first-order chi connectivity index (χ1) is 19.2. The van der Waals surface area contributed by atoms with Crippen molar-refractivity contribution < 1.29 is 38.2 Å². The Kier molecular flexibility index (Phi) is 10.9. The highest BCUT2D eigenvalue weighted by atomic mass is 32.2. The van der Waals surface area contributed by atoms with Crippen LogP contribution < -0.4 is 10.6 Å². The van der Waals surface area contributed by atoms with Crippen LogP contribution >= 0.6 is 23.5 Å². The Bertz CT molecular complexity index is 1250. The normalized spacial score (nSPS) is 13.4. The van der Waals surface area contributed by atoms with Crippen molar-refractivity contribution >= 4 is 58.8 Å². The fraction of sp³-hybridized carbons (Fsp3) is 0.357. The molecule has 0 saturated heterocycles. The van der Waals surface area contributed by atoms with Gasteiger partial charge in [-0.3, -0.25) is 19.2 Å². The molecule has 0 aromatic heterocycles. The molecule has 0 aliphatic heterocycles. The maximum absolute atomic E-state index is 13.9. The van der Waals surface area contributed by atoms with E-state index in [1.54, 1.807) is 0 Å². The second-order valence-corrected chi connectivity index (χ2v) is 10.7. The summed E-state index contributed by atoms with van der Waals surface area (Å²) in [5.74, 6) is -2.84. The van der Waals surface area contributed by atoms with E-state index in [1.165, 1.54) is 74.1 Å². The molecule has 10 nitrogen and oxygen atoms in total. The van der Waals surface area contributed by atoms with Gasteiger partial charge < -0.3 is 20.1 Å². The number of hydrogen-bond donors (Lipinski definition) is 2. The van der Waals surface area contributed by atoms with Crippen molar-refractivity contribution in [2.75, 3.05) is 38.2 Å². The van der Waals surface area contributed by atoms with E-state index in [0.717, 1.165) is 0 Å². The summed E-state index contributed by atoms with van der Waals surface area (Å²) in [6.45, 7) is 0. The summed E-state index contributed by atoms with van der Waals surface area (Å²) in [4.78, 5) is 78.5. The summed E-state index contributed by atoms with van der Waals surface area (Å²) in [7, 11) is 2.42. The summed E-state index contributed by atoms with van der Waals surface area (Å²) in [6.07, 6.45) is 4.31. The van der Waals surface area contributed by atoms with Gasteiger partial charge in [0.1, 0.15) is 12.1 Å². The first-order valence-electron chi connectivity index (χ1n) is 12.3. The number of benzene rings is 2. The summed E-state index contributed by atoms with van der Waals surface area (Å²) in [5.41, 5.74) is -0.539. The molecule has 1 aliphatic rings. The molecule has 0 radical (unpaired) electrons. The van der Waals surface area contributed by atoms with Gasteiger partial charge in [-0.15, -0.1) is 0 Å². The van der Waals surface area contributed by atoms with Crippen LogP contribution in [0.5, 0.6) is 0 Å². The molecule has 40 heavy (non-hydrogen) atoms. The number of esters is 2. The molecule has 2 atom stereocenters. The molecule has 0 bridgehead atoms. The molecule has 0 spiro atoms. The fourth-order valence-electron chi connectivity index (χ4n) is 4.35. The van der Waals surface area contributed by atoms with Gasteiger partial charge >= 0.3 is 11.9 Å². The molecular formula is C28H30N2O8S2. The summed E-state index contributed by atoms with van der Waals surface area (Å²) < 4.78 is 9.61. The van der Waals surface area contributed by atoms with Gasteiger partial charge in [-0.2, -0.15) is 23.5 Å². The number of carbonyl (C=O) groups is 6. The second-order valence-electron chi connectivity index (χ2n) is 8.78.